The summed E-state index contributed by atoms with van der Waals surface area (Å²) in [5.74, 6) is 0.0115. The number of Topliss-reactive ketones (excluding diaryl/α,β-unsaturated/α-hetero) is 2. The number of hydrogen-bond acceptors (Lipinski definition) is 6. The van der Waals surface area contributed by atoms with Crippen LogP contribution in [0.2, 0.25) is 0 Å². The first kappa shape index (κ1) is 31.2. The molecule has 0 unspecified atom stereocenters. The summed E-state index contributed by atoms with van der Waals surface area (Å²) in [4.78, 5) is 49.5. The van der Waals surface area contributed by atoms with Crippen molar-refractivity contribution in [1.82, 2.24) is 18.3 Å². The molecule has 0 spiro atoms. The van der Waals surface area contributed by atoms with E-state index in [4.69, 9.17) is 0 Å². The number of imidazole rings is 2. The molecule has 0 radical (unpaired) electrons. The minimum atomic E-state index is -0.235. The molecule has 2 heterocycles. The molecule has 2 rings (SSSR count). The standard InChI is InChI=1S/C28H46N4O6/c1-7-29-19-23(35)31(25(29)37)17-15-27(3,4)13-11-21(33)9-10-22(34)12-14-28(5,6)16-18-32-24(36)20-30(8-2)26(32)38/h19-20,35-36H,7-18H2,1-6H3. The summed E-state index contributed by atoms with van der Waals surface area (Å²) in [5.41, 5.74) is -0.862. The molecule has 0 aromatic carbocycles. The van der Waals surface area contributed by atoms with Crippen LogP contribution in [0.1, 0.15) is 92.9 Å². The molecular weight excluding hydrogens is 488 g/mol. The Morgan fingerprint density at radius 1 is 0.658 bits per heavy atom. The van der Waals surface area contributed by atoms with Crippen LogP contribution in [0.3, 0.4) is 0 Å². The number of aromatic nitrogens is 4. The lowest BCUT2D eigenvalue weighted by Crippen LogP contribution is -2.26. The molecule has 0 aliphatic carbocycles. The molecular formula is C28H46N4O6. The summed E-state index contributed by atoms with van der Waals surface area (Å²) in [7, 11) is 0. The minimum Gasteiger partial charge on any atom is -0.493 e. The molecule has 2 aromatic rings. The number of hydrogen-bond donors (Lipinski definition) is 2. The van der Waals surface area contributed by atoms with E-state index in [2.05, 4.69) is 0 Å². The van der Waals surface area contributed by atoms with Gasteiger partial charge < -0.3 is 10.2 Å². The third kappa shape index (κ3) is 8.77. The number of ketones is 2. The van der Waals surface area contributed by atoms with Crippen LogP contribution in [0.5, 0.6) is 11.8 Å². The average Bonchev–Trinajstić information content (AvgIpc) is 3.30. The van der Waals surface area contributed by atoms with Gasteiger partial charge in [-0.1, -0.05) is 27.7 Å². The third-order valence-electron chi connectivity index (χ3n) is 7.60. The van der Waals surface area contributed by atoms with Gasteiger partial charge in [0.15, 0.2) is 0 Å². The molecule has 0 aliphatic heterocycles. The van der Waals surface area contributed by atoms with Crippen molar-refractivity contribution < 1.29 is 19.8 Å². The number of carbonyl (C=O) groups is 2. The van der Waals surface area contributed by atoms with E-state index in [0.29, 0.717) is 64.7 Å². The van der Waals surface area contributed by atoms with Crippen molar-refractivity contribution in [3.63, 3.8) is 0 Å². The van der Waals surface area contributed by atoms with Crippen LogP contribution in [-0.4, -0.2) is 40.0 Å². The van der Waals surface area contributed by atoms with Crippen LogP contribution < -0.4 is 11.4 Å². The van der Waals surface area contributed by atoms with E-state index in [9.17, 15) is 29.4 Å². The molecule has 0 amide bonds. The van der Waals surface area contributed by atoms with Crippen LogP contribution in [0.25, 0.3) is 0 Å². The monoisotopic (exact) mass is 534 g/mol. The Kier molecular flexibility index (Phi) is 10.8. The van der Waals surface area contributed by atoms with Gasteiger partial charge >= 0.3 is 11.4 Å². The molecule has 0 saturated heterocycles. The van der Waals surface area contributed by atoms with E-state index >= 15 is 0 Å². The van der Waals surface area contributed by atoms with Gasteiger partial charge in [0.05, 0.1) is 12.4 Å². The number of aryl methyl sites for hydroxylation is 2. The van der Waals surface area contributed by atoms with E-state index in [-0.39, 0.29) is 58.4 Å². The molecule has 0 fully saturated rings. The summed E-state index contributed by atoms with van der Waals surface area (Å²) < 4.78 is 5.63. The number of aromatic hydroxyl groups is 2. The summed E-state index contributed by atoms with van der Waals surface area (Å²) in [5, 5.41) is 20.0. The van der Waals surface area contributed by atoms with Crippen LogP contribution in [0, 0.1) is 10.8 Å². The number of rotatable bonds is 17. The van der Waals surface area contributed by atoms with Crippen LogP contribution in [-0.2, 0) is 35.8 Å². The molecule has 0 bridgehead atoms. The zero-order valence-corrected chi connectivity index (χ0v) is 24.0. The number of nitrogens with zero attached hydrogens (tertiary/aromatic N) is 4. The maximum Gasteiger partial charge on any atom is 0.331 e. The molecule has 2 N–H and O–H groups in total. The van der Waals surface area contributed by atoms with Gasteiger partial charge in [-0.25, -0.2) is 9.59 Å². The van der Waals surface area contributed by atoms with Crippen molar-refractivity contribution in [3.05, 3.63) is 33.4 Å². The van der Waals surface area contributed by atoms with Crippen LogP contribution in [0.4, 0.5) is 0 Å². The van der Waals surface area contributed by atoms with Crippen molar-refractivity contribution in [1.29, 1.82) is 0 Å². The topological polar surface area (TPSA) is 128 Å². The highest BCUT2D eigenvalue weighted by Gasteiger charge is 2.23. The Morgan fingerprint density at radius 2 is 1.00 bits per heavy atom. The van der Waals surface area contributed by atoms with Crippen molar-refractivity contribution in [2.45, 2.75) is 119 Å². The summed E-state index contributed by atoms with van der Waals surface area (Å²) >= 11 is 0. The Labute approximate surface area is 224 Å². The van der Waals surface area contributed by atoms with E-state index in [1.807, 2.05) is 41.5 Å². The maximum atomic E-state index is 12.5. The van der Waals surface area contributed by atoms with Crippen molar-refractivity contribution in [2.24, 2.45) is 10.8 Å². The molecule has 0 atom stereocenters. The van der Waals surface area contributed by atoms with Crippen molar-refractivity contribution in [2.75, 3.05) is 0 Å². The maximum absolute atomic E-state index is 12.5. The van der Waals surface area contributed by atoms with Gasteiger partial charge in [-0.15, -0.1) is 0 Å². The lowest BCUT2D eigenvalue weighted by atomic mass is 9.82. The van der Waals surface area contributed by atoms with Gasteiger partial charge in [0, 0.05) is 51.9 Å². The summed E-state index contributed by atoms with van der Waals surface area (Å²) in [6, 6.07) is 0. The SMILES string of the molecule is CCn1cc(O)n(CCC(C)(C)CCC(=O)CCC(=O)CCC(C)(C)CCn2c(O)cn(CC)c2=O)c1=O. The second-order valence-corrected chi connectivity index (χ2v) is 11.8. The fourth-order valence-electron chi connectivity index (χ4n) is 4.47. The number of carbonyl (C=O) groups excluding carboxylic acids is 2. The molecule has 10 heteroatoms. The fraction of sp³-hybridized carbons (Fsp3) is 0.714. The van der Waals surface area contributed by atoms with Gasteiger partial charge in [0.25, 0.3) is 0 Å². The van der Waals surface area contributed by atoms with E-state index in [1.165, 1.54) is 30.7 Å². The lowest BCUT2D eigenvalue weighted by Gasteiger charge is -2.25. The molecule has 0 aliphatic rings. The van der Waals surface area contributed by atoms with E-state index in [0.717, 1.165) is 0 Å². The largest absolute Gasteiger partial charge is 0.493 e. The predicted octanol–water partition coefficient (Wildman–Crippen LogP) is 4.08. The highest BCUT2D eigenvalue weighted by molar-refractivity contribution is 5.86. The second kappa shape index (κ2) is 13.2. The van der Waals surface area contributed by atoms with Gasteiger partial charge in [-0.05, 0) is 50.4 Å². The van der Waals surface area contributed by atoms with Gasteiger partial charge in [-0.3, -0.25) is 27.9 Å². The average molecular weight is 535 g/mol. The quantitative estimate of drug-likeness (QED) is 0.315. The fourth-order valence-corrected chi connectivity index (χ4v) is 4.47. The first-order chi connectivity index (χ1) is 17.7. The van der Waals surface area contributed by atoms with E-state index < -0.39 is 0 Å². The lowest BCUT2D eigenvalue weighted by molar-refractivity contribution is -0.124. The zero-order valence-electron chi connectivity index (χ0n) is 24.0. The molecule has 38 heavy (non-hydrogen) atoms. The minimum absolute atomic E-state index is 0.0481. The van der Waals surface area contributed by atoms with E-state index in [1.54, 1.807) is 0 Å². The Balaban J connectivity index is 1.72. The highest BCUT2D eigenvalue weighted by Crippen LogP contribution is 2.30. The zero-order chi connectivity index (χ0) is 28.7. The molecule has 2 aromatic heterocycles. The molecule has 214 valence electrons. The van der Waals surface area contributed by atoms with Gasteiger partial charge in [0.1, 0.15) is 11.6 Å². The van der Waals surface area contributed by atoms with Crippen LogP contribution >= 0.6 is 0 Å². The van der Waals surface area contributed by atoms with Gasteiger partial charge in [0.2, 0.25) is 11.8 Å². The van der Waals surface area contributed by atoms with Crippen molar-refractivity contribution >= 4 is 11.6 Å². The van der Waals surface area contributed by atoms with Crippen molar-refractivity contribution in [3.8, 4) is 11.8 Å². The first-order valence-corrected chi connectivity index (χ1v) is 13.7. The Hall–Kier alpha value is -3.04. The van der Waals surface area contributed by atoms with Gasteiger partial charge in [-0.2, -0.15) is 0 Å². The third-order valence-corrected chi connectivity index (χ3v) is 7.60. The first-order valence-electron chi connectivity index (χ1n) is 13.7. The normalized spacial score (nSPS) is 12.3. The Bertz CT molecular complexity index is 1120. The van der Waals surface area contributed by atoms with Crippen LogP contribution in [0.15, 0.2) is 22.0 Å². The predicted molar refractivity (Wildman–Crippen MR) is 147 cm³/mol. The summed E-state index contributed by atoms with van der Waals surface area (Å²) in [6.45, 7) is 13.6. The molecule has 10 nitrogen and oxygen atoms in total. The molecule has 0 saturated carbocycles. The smallest absolute Gasteiger partial charge is 0.331 e. The second-order valence-electron chi connectivity index (χ2n) is 11.8. The summed E-state index contributed by atoms with van der Waals surface area (Å²) in [6.07, 6.45) is 6.64. The Morgan fingerprint density at radius 3 is 1.29 bits per heavy atom. The highest BCUT2D eigenvalue weighted by atomic mass is 16.3.